The fraction of sp³-hybridized carbons (Fsp3) is 0.708. The second-order valence-corrected chi connectivity index (χ2v) is 8.61. The topological polar surface area (TPSA) is 37.3 Å². The van der Waals surface area contributed by atoms with Crippen molar-refractivity contribution in [3.05, 3.63) is 35.9 Å². The van der Waals surface area contributed by atoms with E-state index in [0.29, 0.717) is 5.92 Å². The highest BCUT2D eigenvalue weighted by Crippen LogP contribution is 2.45. The number of hydrogen-bond donors (Lipinski definition) is 1. The van der Waals surface area contributed by atoms with Crippen LogP contribution in [0.25, 0.3) is 0 Å². The Morgan fingerprint density at radius 2 is 1.81 bits per heavy atom. The van der Waals surface area contributed by atoms with E-state index in [1.165, 1.54) is 56.9 Å². The van der Waals surface area contributed by atoms with Crippen LogP contribution in [0.2, 0.25) is 0 Å². The monoisotopic (exact) mass is 358 g/mol. The fourth-order valence-electron chi connectivity index (χ4n) is 4.96. The van der Waals surface area contributed by atoms with Crippen molar-refractivity contribution in [2.45, 2.75) is 90.9 Å². The molecule has 0 amide bonds. The molecule has 2 heteroatoms. The molecule has 2 nitrogen and oxygen atoms in total. The minimum absolute atomic E-state index is 0.182. The fourth-order valence-corrected chi connectivity index (χ4v) is 4.96. The second kappa shape index (κ2) is 10.7. The molecule has 0 saturated heterocycles. The van der Waals surface area contributed by atoms with Gasteiger partial charge in [-0.05, 0) is 49.0 Å². The smallest absolute Gasteiger partial charge is 0.306 e. The number of hydrogen-bond acceptors (Lipinski definition) is 1. The summed E-state index contributed by atoms with van der Waals surface area (Å²) in [5.74, 6) is -0.190. The zero-order valence-electron chi connectivity index (χ0n) is 16.9. The van der Waals surface area contributed by atoms with Crippen LogP contribution < -0.4 is 0 Å². The van der Waals surface area contributed by atoms with Gasteiger partial charge in [0.2, 0.25) is 0 Å². The Morgan fingerprint density at radius 1 is 1.12 bits per heavy atom. The van der Waals surface area contributed by atoms with Crippen molar-refractivity contribution in [1.82, 2.24) is 0 Å². The van der Waals surface area contributed by atoms with Gasteiger partial charge in [-0.25, -0.2) is 0 Å². The molecule has 2 unspecified atom stereocenters. The first-order valence-electron chi connectivity index (χ1n) is 10.9. The first kappa shape index (κ1) is 21.0. The van der Waals surface area contributed by atoms with Crippen LogP contribution in [0, 0.1) is 17.3 Å². The molecule has 0 radical (unpaired) electrons. The molecule has 1 N–H and O–H groups in total. The third kappa shape index (κ3) is 6.45. The van der Waals surface area contributed by atoms with Crippen LogP contribution in [0.3, 0.4) is 0 Å². The number of unbranched alkanes of at least 4 members (excludes halogenated alkanes) is 1. The first-order chi connectivity index (χ1) is 12.6. The zero-order valence-corrected chi connectivity index (χ0v) is 16.9. The predicted molar refractivity (Wildman–Crippen MR) is 109 cm³/mol. The van der Waals surface area contributed by atoms with Gasteiger partial charge in [0.15, 0.2) is 0 Å². The van der Waals surface area contributed by atoms with Crippen LogP contribution in [-0.4, -0.2) is 11.1 Å². The van der Waals surface area contributed by atoms with Crippen LogP contribution >= 0.6 is 0 Å². The van der Waals surface area contributed by atoms with Crippen molar-refractivity contribution < 1.29 is 9.90 Å². The Kier molecular flexibility index (Phi) is 8.68. The van der Waals surface area contributed by atoms with Gasteiger partial charge in [-0.3, -0.25) is 4.79 Å². The first-order valence-corrected chi connectivity index (χ1v) is 10.9. The van der Waals surface area contributed by atoms with Crippen LogP contribution in [0.15, 0.2) is 30.3 Å². The van der Waals surface area contributed by atoms with Crippen LogP contribution in [0.5, 0.6) is 0 Å². The van der Waals surface area contributed by atoms with Gasteiger partial charge in [-0.2, -0.15) is 0 Å². The normalized spacial score (nSPS) is 19.0. The van der Waals surface area contributed by atoms with Crippen molar-refractivity contribution >= 4 is 5.97 Å². The number of rotatable bonds is 11. The van der Waals surface area contributed by atoms with Gasteiger partial charge in [0.25, 0.3) is 0 Å². The predicted octanol–water partition coefficient (Wildman–Crippen LogP) is 6.88. The van der Waals surface area contributed by atoms with E-state index < -0.39 is 5.97 Å². The largest absolute Gasteiger partial charge is 0.481 e. The minimum atomic E-state index is -0.571. The van der Waals surface area contributed by atoms with Crippen molar-refractivity contribution in [1.29, 1.82) is 0 Å². The van der Waals surface area contributed by atoms with E-state index in [1.54, 1.807) is 0 Å². The summed E-state index contributed by atoms with van der Waals surface area (Å²) in [5, 5.41) is 9.95. The third-order valence-corrected chi connectivity index (χ3v) is 6.53. The summed E-state index contributed by atoms with van der Waals surface area (Å²) in [6, 6.07) is 10.7. The van der Waals surface area contributed by atoms with E-state index in [2.05, 4.69) is 44.2 Å². The summed E-state index contributed by atoms with van der Waals surface area (Å²) in [7, 11) is 0. The molecular formula is C24H38O2. The highest BCUT2D eigenvalue weighted by Gasteiger charge is 2.37. The van der Waals surface area contributed by atoms with Crippen molar-refractivity contribution in [3.8, 4) is 0 Å². The van der Waals surface area contributed by atoms with Gasteiger partial charge in [-0.1, -0.05) is 89.1 Å². The van der Waals surface area contributed by atoms with Crippen molar-refractivity contribution in [2.75, 3.05) is 0 Å². The maximum absolute atomic E-state index is 12.1. The molecule has 0 spiro atoms. The van der Waals surface area contributed by atoms with Crippen molar-refractivity contribution in [2.24, 2.45) is 17.3 Å². The number of carboxylic acid groups (broad SMARTS) is 1. The molecule has 1 fully saturated rings. The lowest BCUT2D eigenvalue weighted by molar-refractivity contribution is -0.144. The van der Waals surface area contributed by atoms with Crippen LogP contribution in [0.4, 0.5) is 0 Å². The third-order valence-electron chi connectivity index (χ3n) is 6.53. The van der Waals surface area contributed by atoms with E-state index in [4.69, 9.17) is 0 Å². The average Bonchev–Trinajstić information content (AvgIpc) is 2.65. The summed E-state index contributed by atoms with van der Waals surface area (Å²) in [4.78, 5) is 12.1. The molecule has 1 aromatic carbocycles. The number of benzene rings is 1. The molecule has 1 aliphatic carbocycles. The van der Waals surface area contributed by atoms with Gasteiger partial charge >= 0.3 is 5.97 Å². The van der Waals surface area contributed by atoms with Crippen molar-refractivity contribution in [3.63, 3.8) is 0 Å². The lowest BCUT2D eigenvalue weighted by atomic mass is 9.65. The molecule has 1 aromatic rings. The molecule has 1 saturated carbocycles. The molecule has 0 aromatic heterocycles. The maximum atomic E-state index is 12.1. The van der Waals surface area contributed by atoms with Gasteiger partial charge < -0.3 is 5.11 Å². The lowest BCUT2D eigenvalue weighted by Gasteiger charge is -2.40. The number of carboxylic acids is 1. The summed E-state index contributed by atoms with van der Waals surface area (Å²) < 4.78 is 0. The van der Waals surface area contributed by atoms with Crippen LogP contribution in [-0.2, 0) is 11.2 Å². The molecule has 2 atom stereocenters. The highest BCUT2D eigenvalue weighted by molar-refractivity contribution is 5.70. The molecule has 0 aliphatic heterocycles. The molecule has 26 heavy (non-hydrogen) atoms. The lowest BCUT2D eigenvalue weighted by Crippen LogP contribution is -2.33. The van der Waals surface area contributed by atoms with Gasteiger partial charge in [0.05, 0.1) is 5.92 Å². The minimum Gasteiger partial charge on any atom is -0.481 e. The Morgan fingerprint density at radius 3 is 2.38 bits per heavy atom. The Hall–Kier alpha value is -1.31. The van der Waals surface area contributed by atoms with Crippen LogP contribution in [0.1, 0.15) is 90.0 Å². The van der Waals surface area contributed by atoms with E-state index >= 15 is 0 Å². The van der Waals surface area contributed by atoms with Gasteiger partial charge in [-0.15, -0.1) is 0 Å². The van der Waals surface area contributed by atoms with Gasteiger partial charge in [0.1, 0.15) is 0 Å². The summed E-state index contributed by atoms with van der Waals surface area (Å²) >= 11 is 0. The Bertz CT molecular complexity index is 516. The zero-order chi connectivity index (χ0) is 18.8. The molecule has 0 bridgehead atoms. The maximum Gasteiger partial charge on any atom is 0.306 e. The van der Waals surface area contributed by atoms with E-state index in [-0.39, 0.29) is 11.3 Å². The summed E-state index contributed by atoms with van der Waals surface area (Å²) in [5.41, 5.74) is 1.56. The summed E-state index contributed by atoms with van der Waals surface area (Å²) in [6.45, 7) is 4.44. The standard InChI is InChI=1S/C24H38O2/c1-3-5-12-20(4-2)17-22(23(25)26)19-24(15-10-7-11-16-24)18-21-13-8-6-9-14-21/h6,8-9,13-14,20,22H,3-5,7,10-12,15-19H2,1-2H3,(H,25,26). The molecule has 2 rings (SSSR count). The van der Waals surface area contributed by atoms with E-state index in [9.17, 15) is 9.90 Å². The SMILES string of the molecule is CCCCC(CC)CC(CC1(Cc2ccccc2)CCCCC1)C(=O)O. The molecular weight excluding hydrogens is 320 g/mol. The Labute approximate surface area is 160 Å². The summed E-state index contributed by atoms with van der Waals surface area (Å²) in [6.07, 6.45) is 13.7. The van der Waals surface area contributed by atoms with E-state index in [0.717, 1.165) is 25.7 Å². The molecule has 146 valence electrons. The molecule has 0 heterocycles. The number of carbonyl (C=O) groups is 1. The quantitative estimate of drug-likeness (QED) is 0.468. The average molecular weight is 359 g/mol. The number of aliphatic carboxylic acids is 1. The second-order valence-electron chi connectivity index (χ2n) is 8.61. The Balaban J connectivity index is 2.11. The van der Waals surface area contributed by atoms with Gasteiger partial charge in [0, 0.05) is 0 Å². The highest BCUT2D eigenvalue weighted by atomic mass is 16.4. The molecule has 1 aliphatic rings. The van der Waals surface area contributed by atoms with E-state index in [1.807, 2.05) is 0 Å².